The summed E-state index contributed by atoms with van der Waals surface area (Å²) in [5, 5.41) is 9.44. The molecule has 0 bridgehead atoms. The van der Waals surface area contributed by atoms with Crippen molar-refractivity contribution in [3.8, 4) is 0 Å². The van der Waals surface area contributed by atoms with Crippen molar-refractivity contribution in [3.63, 3.8) is 0 Å². The lowest BCUT2D eigenvalue weighted by Crippen LogP contribution is -2.27. The van der Waals surface area contributed by atoms with Crippen LogP contribution in [-0.2, 0) is 0 Å². The van der Waals surface area contributed by atoms with Crippen LogP contribution in [0.15, 0.2) is 12.1 Å². The highest BCUT2D eigenvalue weighted by Crippen LogP contribution is 2.21. The Morgan fingerprint density at radius 3 is 2.71 bits per heavy atom. The third-order valence-corrected chi connectivity index (χ3v) is 2.74. The summed E-state index contributed by atoms with van der Waals surface area (Å²) in [5.74, 6) is -0.514. The molecule has 4 nitrogen and oxygen atoms in total. The third-order valence-electron chi connectivity index (χ3n) is 2.53. The molecule has 0 aliphatic heterocycles. The zero-order valence-electron chi connectivity index (χ0n) is 10.1. The molecular weight excluding hydrogens is 240 g/mol. The number of carbonyl (C=O) groups is 1. The van der Waals surface area contributed by atoms with Crippen molar-refractivity contribution >= 4 is 23.4 Å². The molecule has 0 saturated carbocycles. The van der Waals surface area contributed by atoms with Crippen LogP contribution in [-0.4, -0.2) is 29.1 Å². The van der Waals surface area contributed by atoms with E-state index in [4.69, 9.17) is 16.7 Å². The van der Waals surface area contributed by atoms with E-state index in [1.165, 1.54) is 12.1 Å². The van der Waals surface area contributed by atoms with Gasteiger partial charge in [0, 0.05) is 13.1 Å². The molecule has 0 unspecified atom stereocenters. The Morgan fingerprint density at radius 1 is 1.47 bits per heavy atom. The number of carboxylic acid groups (broad SMARTS) is 1. The summed E-state index contributed by atoms with van der Waals surface area (Å²) in [4.78, 5) is 17.2. The highest BCUT2D eigenvalue weighted by molar-refractivity contribution is 6.29. The number of unbranched alkanes of at least 4 members (excludes halogenated alkanes) is 1. The average Bonchev–Trinajstić information content (AvgIpc) is 2.29. The number of hydrogen-bond donors (Lipinski definition) is 1. The minimum Gasteiger partial charge on any atom is -0.478 e. The van der Waals surface area contributed by atoms with Gasteiger partial charge in [-0.05, 0) is 25.5 Å². The topological polar surface area (TPSA) is 53.4 Å². The molecule has 1 aromatic heterocycles. The SMILES string of the molecule is CCCCN(CC)c1nc(Cl)ccc1C(=O)O. The molecule has 0 fully saturated rings. The van der Waals surface area contributed by atoms with Crippen LogP contribution in [0.25, 0.3) is 0 Å². The minimum absolute atomic E-state index is 0.201. The second-order valence-corrected chi connectivity index (χ2v) is 4.13. The van der Waals surface area contributed by atoms with Crippen molar-refractivity contribution in [2.75, 3.05) is 18.0 Å². The number of aromatic nitrogens is 1. The molecule has 0 aliphatic carbocycles. The van der Waals surface area contributed by atoms with Gasteiger partial charge < -0.3 is 10.0 Å². The molecule has 94 valence electrons. The molecular formula is C12H17ClN2O2. The number of rotatable bonds is 6. The largest absolute Gasteiger partial charge is 0.478 e. The van der Waals surface area contributed by atoms with Crippen LogP contribution in [0.4, 0.5) is 5.82 Å². The molecule has 0 aromatic carbocycles. The Kier molecular flexibility index (Phi) is 5.22. The zero-order chi connectivity index (χ0) is 12.8. The molecule has 17 heavy (non-hydrogen) atoms. The van der Waals surface area contributed by atoms with E-state index in [2.05, 4.69) is 11.9 Å². The van der Waals surface area contributed by atoms with Crippen molar-refractivity contribution in [2.24, 2.45) is 0 Å². The lowest BCUT2D eigenvalue weighted by molar-refractivity contribution is 0.0697. The maximum atomic E-state index is 11.1. The van der Waals surface area contributed by atoms with E-state index in [-0.39, 0.29) is 5.56 Å². The second-order valence-electron chi connectivity index (χ2n) is 3.74. The van der Waals surface area contributed by atoms with Crippen LogP contribution in [0.5, 0.6) is 0 Å². The van der Waals surface area contributed by atoms with Crippen LogP contribution in [0.2, 0.25) is 5.15 Å². The van der Waals surface area contributed by atoms with Crippen LogP contribution < -0.4 is 4.90 Å². The molecule has 5 heteroatoms. The van der Waals surface area contributed by atoms with Gasteiger partial charge in [-0.1, -0.05) is 24.9 Å². The van der Waals surface area contributed by atoms with Gasteiger partial charge in [0.15, 0.2) is 0 Å². The Balaban J connectivity index is 3.06. The van der Waals surface area contributed by atoms with E-state index in [0.717, 1.165) is 19.4 Å². The third kappa shape index (κ3) is 3.60. The fraction of sp³-hybridized carbons (Fsp3) is 0.500. The van der Waals surface area contributed by atoms with E-state index in [9.17, 15) is 4.79 Å². The Labute approximate surface area is 106 Å². The molecule has 0 aliphatic rings. The Hall–Kier alpha value is -1.29. The summed E-state index contributed by atoms with van der Waals surface area (Å²) >= 11 is 5.83. The Morgan fingerprint density at radius 2 is 2.18 bits per heavy atom. The average molecular weight is 257 g/mol. The summed E-state index contributed by atoms with van der Waals surface area (Å²) in [6.07, 6.45) is 2.06. The van der Waals surface area contributed by atoms with E-state index in [0.29, 0.717) is 17.5 Å². The number of carboxylic acids is 1. The molecule has 1 N–H and O–H groups in total. The molecule has 0 radical (unpaired) electrons. The molecule has 0 spiro atoms. The van der Waals surface area contributed by atoms with E-state index in [1.54, 1.807) is 0 Å². The van der Waals surface area contributed by atoms with Gasteiger partial charge in [0.25, 0.3) is 0 Å². The van der Waals surface area contributed by atoms with Gasteiger partial charge >= 0.3 is 5.97 Å². The summed E-state index contributed by atoms with van der Waals surface area (Å²) in [6.45, 7) is 5.58. The first kappa shape index (κ1) is 13.8. The molecule has 0 saturated heterocycles. The number of hydrogen-bond acceptors (Lipinski definition) is 3. The number of anilines is 1. The minimum atomic E-state index is -0.973. The van der Waals surface area contributed by atoms with E-state index in [1.807, 2.05) is 11.8 Å². The molecule has 1 heterocycles. The summed E-state index contributed by atoms with van der Waals surface area (Å²) in [6, 6.07) is 3.00. The van der Waals surface area contributed by atoms with Crippen molar-refractivity contribution in [2.45, 2.75) is 26.7 Å². The van der Waals surface area contributed by atoms with Crippen LogP contribution >= 0.6 is 11.6 Å². The van der Waals surface area contributed by atoms with Gasteiger partial charge in [0.2, 0.25) is 0 Å². The lowest BCUT2D eigenvalue weighted by Gasteiger charge is -2.23. The summed E-state index contributed by atoms with van der Waals surface area (Å²) < 4.78 is 0. The number of aromatic carboxylic acids is 1. The standard InChI is InChI=1S/C12H17ClN2O2/c1-3-5-8-15(4-2)11-9(12(16)17)6-7-10(13)14-11/h6-7H,3-5,8H2,1-2H3,(H,16,17). The number of nitrogens with zero attached hydrogens (tertiary/aromatic N) is 2. The fourth-order valence-corrected chi connectivity index (χ4v) is 1.74. The van der Waals surface area contributed by atoms with Crippen molar-refractivity contribution in [1.29, 1.82) is 0 Å². The molecule has 1 rings (SSSR count). The summed E-state index contributed by atoms with van der Waals surface area (Å²) in [5.41, 5.74) is 0.201. The van der Waals surface area contributed by atoms with Crippen molar-refractivity contribution in [3.05, 3.63) is 22.8 Å². The first-order valence-electron chi connectivity index (χ1n) is 5.74. The quantitative estimate of drug-likeness (QED) is 0.795. The van der Waals surface area contributed by atoms with Gasteiger partial charge in [0.1, 0.15) is 16.5 Å². The van der Waals surface area contributed by atoms with E-state index >= 15 is 0 Å². The molecule has 0 atom stereocenters. The first-order valence-corrected chi connectivity index (χ1v) is 6.12. The highest BCUT2D eigenvalue weighted by atomic mass is 35.5. The number of halogens is 1. The predicted octanol–water partition coefficient (Wildman–Crippen LogP) is 3.06. The normalized spacial score (nSPS) is 10.3. The molecule has 0 amide bonds. The first-order chi connectivity index (χ1) is 8.10. The van der Waals surface area contributed by atoms with Gasteiger partial charge in [0.05, 0.1) is 0 Å². The van der Waals surface area contributed by atoms with Gasteiger partial charge in [-0.15, -0.1) is 0 Å². The van der Waals surface area contributed by atoms with Crippen LogP contribution in [0.3, 0.4) is 0 Å². The molecule has 1 aromatic rings. The number of pyridine rings is 1. The van der Waals surface area contributed by atoms with Crippen LogP contribution in [0.1, 0.15) is 37.0 Å². The van der Waals surface area contributed by atoms with Crippen molar-refractivity contribution in [1.82, 2.24) is 4.98 Å². The highest BCUT2D eigenvalue weighted by Gasteiger charge is 2.16. The van der Waals surface area contributed by atoms with Gasteiger partial charge in [-0.25, -0.2) is 9.78 Å². The van der Waals surface area contributed by atoms with Crippen molar-refractivity contribution < 1.29 is 9.90 Å². The van der Waals surface area contributed by atoms with Crippen LogP contribution in [0, 0.1) is 0 Å². The zero-order valence-corrected chi connectivity index (χ0v) is 10.9. The van der Waals surface area contributed by atoms with Gasteiger partial charge in [-0.3, -0.25) is 0 Å². The summed E-state index contributed by atoms with van der Waals surface area (Å²) in [7, 11) is 0. The van der Waals surface area contributed by atoms with E-state index < -0.39 is 5.97 Å². The fourth-order valence-electron chi connectivity index (χ4n) is 1.60. The predicted molar refractivity (Wildman–Crippen MR) is 69.0 cm³/mol. The van der Waals surface area contributed by atoms with Gasteiger partial charge in [-0.2, -0.15) is 0 Å². The monoisotopic (exact) mass is 256 g/mol. The smallest absolute Gasteiger partial charge is 0.339 e. The maximum Gasteiger partial charge on any atom is 0.339 e. The maximum absolute atomic E-state index is 11.1. The Bertz CT molecular complexity index is 396. The second kappa shape index (κ2) is 6.45. The lowest BCUT2D eigenvalue weighted by atomic mass is 10.2.